The first-order valence-corrected chi connectivity index (χ1v) is 8.30. The zero-order chi connectivity index (χ0) is 16.4. The molecule has 1 aromatic carbocycles. The molecule has 0 aromatic heterocycles. The van der Waals surface area contributed by atoms with Crippen molar-refractivity contribution in [3.8, 4) is 0 Å². The van der Waals surface area contributed by atoms with Gasteiger partial charge in [0.05, 0.1) is 19.7 Å². The lowest BCUT2D eigenvalue weighted by Gasteiger charge is -2.34. The summed E-state index contributed by atoms with van der Waals surface area (Å²) in [6, 6.07) is 6.34. The molecule has 0 spiro atoms. The van der Waals surface area contributed by atoms with Crippen LogP contribution in [0.2, 0.25) is 0 Å². The molecule has 2 heterocycles. The largest absolute Gasteiger partial charge is 0.370 e. The summed E-state index contributed by atoms with van der Waals surface area (Å²) in [6.07, 6.45) is 0.977. The highest BCUT2D eigenvalue weighted by atomic mass is 19.1. The number of likely N-dealkylation sites (tertiary alicyclic amines) is 1. The van der Waals surface area contributed by atoms with Crippen LogP contribution in [0, 0.1) is 11.2 Å². The van der Waals surface area contributed by atoms with E-state index < -0.39 is 0 Å². The number of halogens is 1. The van der Waals surface area contributed by atoms with Crippen LogP contribution >= 0.6 is 0 Å². The van der Waals surface area contributed by atoms with Crippen LogP contribution in [0.15, 0.2) is 24.3 Å². The predicted molar refractivity (Wildman–Crippen MR) is 86.5 cm³/mol. The molecule has 2 fully saturated rings. The van der Waals surface area contributed by atoms with Gasteiger partial charge in [0, 0.05) is 13.1 Å². The second-order valence-corrected chi connectivity index (χ2v) is 7.38. The van der Waals surface area contributed by atoms with E-state index in [4.69, 9.17) is 4.74 Å². The van der Waals surface area contributed by atoms with E-state index in [2.05, 4.69) is 18.7 Å². The first kappa shape index (κ1) is 16.4. The van der Waals surface area contributed by atoms with Gasteiger partial charge in [0.25, 0.3) is 0 Å². The van der Waals surface area contributed by atoms with Gasteiger partial charge in [-0.2, -0.15) is 0 Å². The molecule has 2 saturated heterocycles. The number of nitrogens with zero attached hydrogens (tertiary/aromatic N) is 2. The standard InChI is InChI=1S/C18H25FN2O2/c1-18(2)7-8-20(13-18)12-17(22)21-9-10-23-16(11-21)14-3-5-15(19)6-4-14/h3-6,16H,7-13H2,1-2H3. The topological polar surface area (TPSA) is 32.8 Å². The summed E-state index contributed by atoms with van der Waals surface area (Å²) < 4.78 is 18.8. The molecule has 2 aliphatic rings. The van der Waals surface area contributed by atoms with Crippen LogP contribution in [0.5, 0.6) is 0 Å². The molecule has 0 aliphatic carbocycles. The van der Waals surface area contributed by atoms with E-state index in [0.29, 0.717) is 31.7 Å². The van der Waals surface area contributed by atoms with Crippen LogP contribution in [0.4, 0.5) is 4.39 Å². The predicted octanol–water partition coefficient (Wildman–Crippen LogP) is 2.46. The van der Waals surface area contributed by atoms with Gasteiger partial charge in [0.2, 0.25) is 5.91 Å². The van der Waals surface area contributed by atoms with Gasteiger partial charge in [0.15, 0.2) is 0 Å². The summed E-state index contributed by atoms with van der Waals surface area (Å²) >= 11 is 0. The number of carbonyl (C=O) groups is 1. The summed E-state index contributed by atoms with van der Waals surface area (Å²) in [5.74, 6) is -0.0905. The monoisotopic (exact) mass is 320 g/mol. The Morgan fingerprint density at radius 2 is 2.04 bits per heavy atom. The molecule has 2 aliphatic heterocycles. The summed E-state index contributed by atoms with van der Waals surface area (Å²) in [5, 5.41) is 0. The van der Waals surface area contributed by atoms with E-state index >= 15 is 0 Å². The normalized spacial score (nSPS) is 24.8. The van der Waals surface area contributed by atoms with Crippen molar-refractivity contribution in [2.75, 3.05) is 39.3 Å². The van der Waals surface area contributed by atoms with Crippen molar-refractivity contribution in [2.45, 2.75) is 26.4 Å². The number of ether oxygens (including phenoxy) is 1. The molecule has 0 bridgehead atoms. The summed E-state index contributed by atoms with van der Waals surface area (Å²) in [7, 11) is 0. The number of amides is 1. The Balaban J connectivity index is 1.57. The Kier molecular flexibility index (Phi) is 4.69. The van der Waals surface area contributed by atoms with Gasteiger partial charge in [-0.3, -0.25) is 9.69 Å². The Bertz CT molecular complexity index is 559. The highest BCUT2D eigenvalue weighted by Gasteiger charge is 2.32. The SMILES string of the molecule is CC1(C)CCN(CC(=O)N2CCOC(c3ccc(F)cc3)C2)C1. The van der Waals surface area contributed by atoms with Gasteiger partial charge in [-0.1, -0.05) is 26.0 Å². The van der Waals surface area contributed by atoms with Crippen LogP contribution in [0.1, 0.15) is 31.9 Å². The van der Waals surface area contributed by atoms with Gasteiger partial charge < -0.3 is 9.64 Å². The minimum atomic E-state index is -0.255. The summed E-state index contributed by atoms with van der Waals surface area (Å²) in [5.41, 5.74) is 1.23. The fraction of sp³-hybridized carbons (Fsp3) is 0.611. The third kappa shape index (κ3) is 4.09. The lowest BCUT2D eigenvalue weighted by atomic mass is 9.93. The molecule has 1 amide bonds. The number of carbonyl (C=O) groups excluding carboxylic acids is 1. The van der Waals surface area contributed by atoms with E-state index in [9.17, 15) is 9.18 Å². The number of morpholine rings is 1. The third-order valence-electron chi connectivity index (χ3n) is 4.78. The van der Waals surface area contributed by atoms with E-state index in [1.807, 2.05) is 4.90 Å². The van der Waals surface area contributed by atoms with E-state index in [-0.39, 0.29) is 17.8 Å². The van der Waals surface area contributed by atoms with Crippen LogP contribution in [-0.2, 0) is 9.53 Å². The minimum absolute atomic E-state index is 0.164. The van der Waals surface area contributed by atoms with E-state index in [1.165, 1.54) is 12.1 Å². The number of benzene rings is 1. The maximum absolute atomic E-state index is 13.0. The smallest absolute Gasteiger partial charge is 0.236 e. The fourth-order valence-corrected chi connectivity index (χ4v) is 3.41. The van der Waals surface area contributed by atoms with Gasteiger partial charge in [0.1, 0.15) is 11.9 Å². The number of hydrogen-bond donors (Lipinski definition) is 0. The Hall–Kier alpha value is -1.46. The molecule has 0 radical (unpaired) electrons. The maximum atomic E-state index is 13.0. The third-order valence-corrected chi connectivity index (χ3v) is 4.78. The van der Waals surface area contributed by atoms with Crippen LogP contribution in [-0.4, -0.2) is 55.0 Å². The molecular formula is C18H25FN2O2. The van der Waals surface area contributed by atoms with Crippen LogP contribution in [0.3, 0.4) is 0 Å². The molecule has 0 N–H and O–H groups in total. The van der Waals surface area contributed by atoms with Crippen molar-refractivity contribution < 1.29 is 13.9 Å². The van der Waals surface area contributed by atoms with E-state index in [1.54, 1.807) is 12.1 Å². The first-order chi connectivity index (χ1) is 10.9. The highest BCUT2D eigenvalue weighted by Crippen LogP contribution is 2.29. The number of rotatable bonds is 3. The molecule has 1 aromatic rings. The Morgan fingerprint density at radius 1 is 1.30 bits per heavy atom. The molecule has 1 unspecified atom stereocenters. The molecule has 0 saturated carbocycles. The van der Waals surface area contributed by atoms with Gasteiger partial charge in [-0.15, -0.1) is 0 Å². The molecule has 23 heavy (non-hydrogen) atoms. The van der Waals surface area contributed by atoms with Crippen LogP contribution in [0.25, 0.3) is 0 Å². The van der Waals surface area contributed by atoms with Crippen molar-refractivity contribution in [2.24, 2.45) is 5.41 Å². The lowest BCUT2D eigenvalue weighted by molar-refractivity contribution is -0.140. The number of hydrogen-bond acceptors (Lipinski definition) is 3. The Labute approximate surface area is 137 Å². The molecular weight excluding hydrogens is 295 g/mol. The minimum Gasteiger partial charge on any atom is -0.370 e. The fourth-order valence-electron chi connectivity index (χ4n) is 3.41. The van der Waals surface area contributed by atoms with Gasteiger partial charge >= 0.3 is 0 Å². The van der Waals surface area contributed by atoms with Crippen molar-refractivity contribution in [3.63, 3.8) is 0 Å². The molecule has 5 heteroatoms. The molecule has 4 nitrogen and oxygen atoms in total. The quantitative estimate of drug-likeness (QED) is 0.858. The summed E-state index contributed by atoms with van der Waals surface area (Å²) in [4.78, 5) is 16.7. The molecule has 126 valence electrons. The second kappa shape index (κ2) is 6.57. The van der Waals surface area contributed by atoms with Crippen molar-refractivity contribution in [1.82, 2.24) is 9.80 Å². The van der Waals surface area contributed by atoms with Gasteiger partial charge in [-0.25, -0.2) is 4.39 Å². The maximum Gasteiger partial charge on any atom is 0.236 e. The second-order valence-electron chi connectivity index (χ2n) is 7.38. The van der Waals surface area contributed by atoms with Crippen molar-refractivity contribution >= 4 is 5.91 Å². The Morgan fingerprint density at radius 3 is 2.70 bits per heavy atom. The zero-order valence-corrected chi connectivity index (χ0v) is 13.9. The van der Waals surface area contributed by atoms with E-state index in [0.717, 1.165) is 25.1 Å². The first-order valence-electron chi connectivity index (χ1n) is 8.30. The average molecular weight is 320 g/mol. The lowest BCUT2D eigenvalue weighted by Crippen LogP contribution is -2.46. The van der Waals surface area contributed by atoms with Crippen LogP contribution < -0.4 is 0 Å². The van der Waals surface area contributed by atoms with Gasteiger partial charge in [-0.05, 0) is 36.1 Å². The summed E-state index contributed by atoms with van der Waals surface area (Å²) in [6.45, 7) is 8.65. The molecule has 3 rings (SSSR count). The zero-order valence-electron chi connectivity index (χ0n) is 13.9. The molecule has 1 atom stereocenters. The highest BCUT2D eigenvalue weighted by molar-refractivity contribution is 5.78. The van der Waals surface area contributed by atoms with Crippen molar-refractivity contribution in [3.05, 3.63) is 35.6 Å². The average Bonchev–Trinajstić information content (AvgIpc) is 2.87. The van der Waals surface area contributed by atoms with Crippen molar-refractivity contribution in [1.29, 1.82) is 0 Å².